The number of thioether (sulfide) groups is 1. The molecule has 0 bridgehead atoms. The standard InChI is InChI=1S/C23H24N4OS2/c1-15-10-11-20(16(2)12-15)28-17(3)21-25-26-23(27(21)4)30-14-19-13-29-22(24-19)18-8-6-5-7-9-18/h5-13,17H,14H2,1-4H3. The first-order valence-electron chi connectivity index (χ1n) is 9.77. The highest BCUT2D eigenvalue weighted by molar-refractivity contribution is 7.98. The first kappa shape index (κ1) is 20.6. The van der Waals surface area contributed by atoms with Crippen molar-refractivity contribution in [3.63, 3.8) is 0 Å². The van der Waals surface area contributed by atoms with E-state index in [0.717, 1.165) is 44.3 Å². The van der Waals surface area contributed by atoms with E-state index in [0.29, 0.717) is 0 Å². The van der Waals surface area contributed by atoms with E-state index < -0.39 is 0 Å². The average molecular weight is 437 g/mol. The molecule has 1 unspecified atom stereocenters. The molecule has 2 aromatic carbocycles. The molecule has 2 aromatic heterocycles. The molecule has 0 fully saturated rings. The van der Waals surface area contributed by atoms with E-state index in [1.807, 2.05) is 42.8 Å². The van der Waals surface area contributed by atoms with E-state index in [-0.39, 0.29) is 6.10 Å². The first-order valence-corrected chi connectivity index (χ1v) is 11.6. The van der Waals surface area contributed by atoms with Crippen molar-refractivity contribution in [2.75, 3.05) is 0 Å². The minimum atomic E-state index is -0.192. The molecule has 0 amide bonds. The summed E-state index contributed by atoms with van der Waals surface area (Å²) in [5.41, 5.74) is 4.55. The van der Waals surface area contributed by atoms with Gasteiger partial charge in [0.1, 0.15) is 10.8 Å². The fourth-order valence-electron chi connectivity index (χ4n) is 3.21. The molecule has 30 heavy (non-hydrogen) atoms. The van der Waals surface area contributed by atoms with Gasteiger partial charge in [-0.25, -0.2) is 4.98 Å². The molecule has 0 spiro atoms. The summed E-state index contributed by atoms with van der Waals surface area (Å²) in [6.45, 7) is 6.15. The third kappa shape index (κ3) is 4.57. The summed E-state index contributed by atoms with van der Waals surface area (Å²) in [4.78, 5) is 4.76. The van der Waals surface area contributed by atoms with E-state index in [1.165, 1.54) is 5.56 Å². The highest BCUT2D eigenvalue weighted by atomic mass is 32.2. The number of aromatic nitrogens is 4. The maximum absolute atomic E-state index is 6.15. The van der Waals surface area contributed by atoms with Crippen LogP contribution in [0, 0.1) is 13.8 Å². The van der Waals surface area contributed by atoms with Crippen LogP contribution in [-0.4, -0.2) is 19.7 Å². The van der Waals surface area contributed by atoms with E-state index in [2.05, 4.69) is 53.7 Å². The van der Waals surface area contributed by atoms with Gasteiger partial charge in [0.2, 0.25) is 0 Å². The SMILES string of the molecule is Cc1ccc(OC(C)c2nnc(SCc3csc(-c4ccccc4)n3)n2C)c(C)c1. The lowest BCUT2D eigenvalue weighted by atomic mass is 10.1. The molecule has 4 aromatic rings. The van der Waals surface area contributed by atoms with Crippen LogP contribution in [0.15, 0.2) is 59.1 Å². The van der Waals surface area contributed by atoms with E-state index in [9.17, 15) is 0 Å². The Kier molecular flexibility index (Phi) is 6.20. The number of rotatable bonds is 7. The molecule has 0 N–H and O–H groups in total. The Balaban J connectivity index is 1.41. The highest BCUT2D eigenvalue weighted by Crippen LogP contribution is 2.29. The minimum Gasteiger partial charge on any atom is -0.482 e. The zero-order chi connectivity index (χ0) is 21.1. The molecule has 0 saturated carbocycles. The molecule has 0 saturated heterocycles. The molecule has 0 radical (unpaired) electrons. The molecule has 2 heterocycles. The van der Waals surface area contributed by atoms with Crippen LogP contribution in [0.3, 0.4) is 0 Å². The zero-order valence-electron chi connectivity index (χ0n) is 17.5. The van der Waals surface area contributed by atoms with Crippen molar-refractivity contribution in [1.29, 1.82) is 0 Å². The average Bonchev–Trinajstić information content (AvgIpc) is 3.36. The van der Waals surface area contributed by atoms with Crippen LogP contribution in [0.1, 0.15) is 35.7 Å². The largest absolute Gasteiger partial charge is 0.482 e. The molecule has 1 atom stereocenters. The third-order valence-electron chi connectivity index (χ3n) is 4.79. The van der Waals surface area contributed by atoms with E-state index >= 15 is 0 Å². The fourth-order valence-corrected chi connectivity index (χ4v) is 4.95. The van der Waals surface area contributed by atoms with Crippen molar-refractivity contribution in [2.45, 2.75) is 37.8 Å². The van der Waals surface area contributed by atoms with Crippen molar-refractivity contribution in [1.82, 2.24) is 19.7 Å². The second-order valence-corrected chi connectivity index (χ2v) is 9.03. The number of hydrogen-bond donors (Lipinski definition) is 0. The lowest BCUT2D eigenvalue weighted by molar-refractivity contribution is 0.210. The molecule has 5 nitrogen and oxygen atoms in total. The smallest absolute Gasteiger partial charge is 0.191 e. The summed E-state index contributed by atoms with van der Waals surface area (Å²) in [6, 6.07) is 16.5. The van der Waals surface area contributed by atoms with Crippen LogP contribution >= 0.6 is 23.1 Å². The highest BCUT2D eigenvalue weighted by Gasteiger charge is 2.18. The minimum absolute atomic E-state index is 0.192. The zero-order valence-corrected chi connectivity index (χ0v) is 19.1. The lowest BCUT2D eigenvalue weighted by Crippen LogP contribution is -2.10. The number of aryl methyl sites for hydroxylation is 2. The van der Waals surface area contributed by atoms with Crippen LogP contribution in [0.25, 0.3) is 10.6 Å². The molecule has 154 valence electrons. The molecule has 4 rings (SSSR count). The van der Waals surface area contributed by atoms with Gasteiger partial charge in [-0.1, -0.05) is 59.8 Å². The normalized spacial score (nSPS) is 12.1. The Hall–Kier alpha value is -2.64. The van der Waals surface area contributed by atoms with E-state index in [4.69, 9.17) is 9.72 Å². The predicted molar refractivity (Wildman–Crippen MR) is 123 cm³/mol. The summed E-state index contributed by atoms with van der Waals surface area (Å²) in [5, 5.41) is 12.7. The Morgan fingerprint density at radius 2 is 1.90 bits per heavy atom. The van der Waals surface area contributed by atoms with Crippen molar-refractivity contribution in [3.8, 4) is 16.3 Å². The van der Waals surface area contributed by atoms with Crippen molar-refractivity contribution in [2.24, 2.45) is 7.05 Å². The number of ether oxygens (including phenoxy) is 1. The lowest BCUT2D eigenvalue weighted by Gasteiger charge is -2.16. The number of hydrogen-bond acceptors (Lipinski definition) is 6. The molecular weight excluding hydrogens is 412 g/mol. The maximum atomic E-state index is 6.15. The quantitative estimate of drug-likeness (QED) is 0.333. The van der Waals surface area contributed by atoms with Gasteiger partial charge in [-0.2, -0.15) is 0 Å². The number of nitrogens with zero attached hydrogens (tertiary/aromatic N) is 4. The molecular formula is C23H24N4OS2. The Labute approximate surface area is 185 Å². The molecule has 7 heteroatoms. The fraction of sp³-hybridized carbons (Fsp3) is 0.261. The van der Waals surface area contributed by atoms with Crippen LogP contribution in [0.5, 0.6) is 5.75 Å². The van der Waals surface area contributed by atoms with Gasteiger partial charge in [-0.05, 0) is 32.4 Å². The summed E-state index contributed by atoms with van der Waals surface area (Å²) in [6.07, 6.45) is -0.192. The first-order chi connectivity index (χ1) is 14.5. The topological polar surface area (TPSA) is 52.8 Å². The van der Waals surface area contributed by atoms with Gasteiger partial charge < -0.3 is 9.30 Å². The van der Waals surface area contributed by atoms with Gasteiger partial charge in [-0.15, -0.1) is 21.5 Å². The van der Waals surface area contributed by atoms with Gasteiger partial charge in [0.15, 0.2) is 17.1 Å². The number of benzene rings is 2. The van der Waals surface area contributed by atoms with Crippen LogP contribution in [0.4, 0.5) is 0 Å². The van der Waals surface area contributed by atoms with Crippen LogP contribution < -0.4 is 4.74 Å². The summed E-state index contributed by atoms with van der Waals surface area (Å²) < 4.78 is 8.16. The van der Waals surface area contributed by atoms with Gasteiger partial charge in [0.25, 0.3) is 0 Å². The second kappa shape index (κ2) is 9.02. The van der Waals surface area contributed by atoms with E-state index in [1.54, 1.807) is 23.1 Å². The molecule has 0 aliphatic rings. The summed E-state index contributed by atoms with van der Waals surface area (Å²) in [7, 11) is 1.98. The Morgan fingerprint density at radius 3 is 2.67 bits per heavy atom. The van der Waals surface area contributed by atoms with Crippen molar-refractivity contribution < 1.29 is 4.74 Å². The van der Waals surface area contributed by atoms with Crippen molar-refractivity contribution in [3.05, 3.63) is 76.6 Å². The van der Waals surface area contributed by atoms with Gasteiger partial charge >= 0.3 is 0 Å². The van der Waals surface area contributed by atoms with Gasteiger partial charge in [-0.3, -0.25) is 0 Å². The Morgan fingerprint density at radius 1 is 1.10 bits per heavy atom. The second-order valence-electron chi connectivity index (χ2n) is 7.23. The molecule has 0 aliphatic carbocycles. The predicted octanol–water partition coefficient (Wildman–Crippen LogP) is 5.99. The molecule has 0 aliphatic heterocycles. The van der Waals surface area contributed by atoms with Crippen LogP contribution in [0.2, 0.25) is 0 Å². The maximum Gasteiger partial charge on any atom is 0.191 e. The summed E-state index contributed by atoms with van der Waals surface area (Å²) in [5.74, 6) is 2.43. The number of thiazole rings is 1. The van der Waals surface area contributed by atoms with Crippen LogP contribution in [-0.2, 0) is 12.8 Å². The Bertz CT molecular complexity index is 1140. The summed E-state index contributed by atoms with van der Waals surface area (Å²) >= 11 is 3.30. The monoisotopic (exact) mass is 436 g/mol. The van der Waals surface area contributed by atoms with Gasteiger partial charge in [0.05, 0.1) is 5.69 Å². The van der Waals surface area contributed by atoms with Crippen molar-refractivity contribution >= 4 is 23.1 Å². The third-order valence-corrected chi connectivity index (χ3v) is 6.78. The van der Waals surface area contributed by atoms with Gasteiger partial charge in [0, 0.05) is 23.7 Å².